The second-order valence-corrected chi connectivity index (χ2v) is 5.90. The van der Waals surface area contributed by atoms with Gasteiger partial charge in [0, 0.05) is 11.8 Å². The molecular formula is C14H21NS. The second-order valence-electron chi connectivity index (χ2n) is 4.83. The summed E-state index contributed by atoms with van der Waals surface area (Å²) >= 11 is 2.08. The van der Waals surface area contributed by atoms with Crippen molar-refractivity contribution in [3.63, 3.8) is 0 Å². The van der Waals surface area contributed by atoms with Crippen LogP contribution < -0.4 is 5.32 Å². The summed E-state index contributed by atoms with van der Waals surface area (Å²) in [6, 6.07) is 7.51. The molecule has 1 nitrogen and oxygen atoms in total. The van der Waals surface area contributed by atoms with Gasteiger partial charge in [0.2, 0.25) is 0 Å². The summed E-state index contributed by atoms with van der Waals surface area (Å²) in [5.41, 5.74) is 4.36. The molecule has 0 amide bonds. The number of hydrogen-bond acceptors (Lipinski definition) is 2. The first-order valence-corrected chi connectivity index (χ1v) is 7.17. The van der Waals surface area contributed by atoms with Gasteiger partial charge < -0.3 is 5.32 Å². The highest BCUT2D eigenvalue weighted by molar-refractivity contribution is 7.99. The van der Waals surface area contributed by atoms with Crippen LogP contribution in [0.15, 0.2) is 18.2 Å². The molecule has 1 N–H and O–H groups in total. The van der Waals surface area contributed by atoms with E-state index >= 15 is 0 Å². The predicted molar refractivity (Wildman–Crippen MR) is 73.3 cm³/mol. The van der Waals surface area contributed by atoms with Crippen LogP contribution in [0, 0.1) is 19.8 Å². The quantitative estimate of drug-likeness (QED) is 0.864. The maximum Gasteiger partial charge on any atom is 0.0194 e. The van der Waals surface area contributed by atoms with Crippen molar-refractivity contribution in [2.24, 2.45) is 5.92 Å². The largest absolute Gasteiger partial charge is 0.316 e. The Hall–Kier alpha value is -0.470. The first-order chi connectivity index (χ1) is 7.70. The maximum absolute atomic E-state index is 3.45. The number of nitrogens with one attached hydrogen (secondary N) is 1. The van der Waals surface area contributed by atoms with Crippen molar-refractivity contribution in [3.8, 4) is 0 Å². The van der Waals surface area contributed by atoms with Crippen LogP contribution in [0.2, 0.25) is 0 Å². The standard InChI is InChI=1S/C14H21NS/c1-10-4-5-11(2)12(6-10)7-13-8-16-9-14(13)15-3/h4-6,13-15H,7-9H2,1-3H3. The van der Waals surface area contributed by atoms with Gasteiger partial charge >= 0.3 is 0 Å². The second kappa shape index (κ2) is 5.24. The summed E-state index contributed by atoms with van der Waals surface area (Å²) < 4.78 is 0. The number of thioether (sulfide) groups is 1. The van der Waals surface area contributed by atoms with Gasteiger partial charge in [-0.15, -0.1) is 0 Å². The summed E-state index contributed by atoms with van der Waals surface area (Å²) in [5.74, 6) is 3.38. The highest BCUT2D eigenvalue weighted by atomic mass is 32.2. The lowest BCUT2D eigenvalue weighted by Crippen LogP contribution is -2.33. The van der Waals surface area contributed by atoms with E-state index in [0.29, 0.717) is 6.04 Å². The van der Waals surface area contributed by atoms with Crippen molar-refractivity contribution in [1.29, 1.82) is 0 Å². The molecule has 1 fully saturated rings. The molecule has 1 aliphatic heterocycles. The molecule has 0 spiro atoms. The molecule has 1 aromatic carbocycles. The Labute approximate surface area is 103 Å². The smallest absolute Gasteiger partial charge is 0.0194 e. The van der Waals surface area contributed by atoms with E-state index in [1.165, 1.54) is 34.6 Å². The molecule has 0 aliphatic carbocycles. The van der Waals surface area contributed by atoms with Crippen LogP contribution in [0.25, 0.3) is 0 Å². The Kier molecular flexibility index (Phi) is 3.93. The Morgan fingerprint density at radius 1 is 1.31 bits per heavy atom. The molecule has 0 saturated carbocycles. The van der Waals surface area contributed by atoms with Gasteiger partial charge in [-0.3, -0.25) is 0 Å². The third kappa shape index (κ3) is 2.61. The normalized spacial score (nSPS) is 24.9. The monoisotopic (exact) mass is 235 g/mol. The van der Waals surface area contributed by atoms with E-state index in [0.717, 1.165) is 5.92 Å². The third-order valence-electron chi connectivity index (χ3n) is 3.56. The van der Waals surface area contributed by atoms with E-state index in [9.17, 15) is 0 Å². The van der Waals surface area contributed by atoms with Gasteiger partial charge in [0.25, 0.3) is 0 Å². The molecular weight excluding hydrogens is 214 g/mol. The molecule has 2 rings (SSSR count). The summed E-state index contributed by atoms with van der Waals surface area (Å²) in [6.07, 6.45) is 1.23. The fraction of sp³-hybridized carbons (Fsp3) is 0.571. The van der Waals surface area contributed by atoms with Crippen LogP contribution in [0.4, 0.5) is 0 Å². The molecule has 88 valence electrons. The van der Waals surface area contributed by atoms with Crippen LogP contribution in [0.1, 0.15) is 16.7 Å². The number of hydrogen-bond donors (Lipinski definition) is 1. The lowest BCUT2D eigenvalue weighted by Gasteiger charge is -2.19. The number of aryl methyl sites for hydroxylation is 2. The molecule has 1 heterocycles. The molecule has 2 heteroatoms. The Morgan fingerprint density at radius 3 is 2.88 bits per heavy atom. The summed E-state index contributed by atoms with van der Waals surface area (Å²) in [5, 5.41) is 3.45. The Morgan fingerprint density at radius 2 is 2.12 bits per heavy atom. The number of benzene rings is 1. The van der Waals surface area contributed by atoms with Gasteiger partial charge in [0.15, 0.2) is 0 Å². The van der Waals surface area contributed by atoms with Crippen LogP contribution >= 0.6 is 11.8 Å². The molecule has 0 aromatic heterocycles. The SMILES string of the molecule is CNC1CSCC1Cc1cc(C)ccc1C. The van der Waals surface area contributed by atoms with Gasteiger partial charge in [0.05, 0.1) is 0 Å². The minimum absolute atomic E-state index is 0.699. The minimum atomic E-state index is 0.699. The van der Waals surface area contributed by atoms with Crippen LogP contribution in [-0.2, 0) is 6.42 Å². The van der Waals surface area contributed by atoms with E-state index in [1.807, 2.05) is 0 Å². The van der Waals surface area contributed by atoms with E-state index in [-0.39, 0.29) is 0 Å². The summed E-state index contributed by atoms with van der Waals surface area (Å²) in [6.45, 7) is 4.41. The number of rotatable bonds is 3. The lowest BCUT2D eigenvalue weighted by molar-refractivity contribution is 0.453. The van der Waals surface area contributed by atoms with Crippen molar-refractivity contribution in [3.05, 3.63) is 34.9 Å². The van der Waals surface area contributed by atoms with E-state index in [4.69, 9.17) is 0 Å². The topological polar surface area (TPSA) is 12.0 Å². The lowest BCUT2D eigenvalue weighted by atomic mass is 9.92. The van der Waals surface area contributed by atoms with Crippen molar-refractivity contribution < 1.29 is 0 Å². The zero-order valence-corrected chi connectivity index (χ0v) is 11.2. The highest BCUT2D eigenvalue weighted by Crippen LogP contribution is 2.28. The van der Waals surface area contributed by atoms with E-state index in [1.54, 1.807) is 0 Å². The highest BCUT2D eigenvalue weighted by Gasteiger charge is 2.26. The van der Waals surface area contributed by atoms with Crippen LogP contribution in [0.3, 0.4) is 0 Å². The zero-order chi connectivity index (χ0) is 11.5. The van der Waals surface area contributed by atoms with Crippen molar-refractivity contribution in [2.75, 3.05) is 18.6 Å². The fourth-order valence-corrected chi connectivity index (χ4v) is 3.90. The fourth-order valence-electron chi connectivity index (χ4n) is 2.42. The van der Waals surface area contributed by atoms with Gasteiger partial charge in [-0.1, -0.05) is 23.8 Å². The summed E-state index contributed by atoms with van der Waals surface area (Å²) in [4.78, 5) is 0. The molecule has 1 aromatic rings. The molecule has 0 bridgehead atoms. The molecule has 16 heavy (non-hydrogen) atoms. The summed E-state index contributed by atoms with van der Waals surface area (Å²) in [7, 11) is 2.09. The Bertz CT molecular complexity index is 362. The van der Waals surface area contributed by atoms with E-state index < -0.39 is 0 Å². The van der Waals surface area contributed by atoms with Crippen molar-refractivity contribution in [1.82, 2.24) is 5.32 Å². The molecule has 2 unspecified atom stereocenters. The van der Waals surface area contributed by atoms with Gasteiger partial charge in [-0.05, 0) is 50.1 Å². The average molecular weight is 235 g/mol. The van der Waals surface area contributed by atoms with E-state index in [2.05, 4.69) is 56.2 Å². The Balaban J connectivity index is 2.11. The predicted octanol–water partition coefficient (Wildman–Crippen LogP) is 2.80. The average Bonchev–Trinajstić information content (AvgIpc) is 2.71. The molecule has 1 saturated heterocycles. The molecule has 0 radical (unpaired) electrons. The van der Waals surface area contributed by atoms with Crippen molar-refractivity contribution in [2.45, 2.75) is 26.3 Å². The van der Waals surface area contributed by atoms with Gasteiger partial charge in [-0.25, -0.2) is 0 Å². The first-order valence-electron chi connectivity index (χ1n) is 6.02. The minimum Gasteiger partial charge on any atom is -0.316 e. The van der Waals surface area contributed by atoms with Crippen LogP contribution in [-0.4, -0.2) is 24.6 Å². The van der Waals surface area contributed by atoms with Crippen molar-refractivity contribution >= 4 is 11.8 Å². The molecule has 2 atom stereocenters. The maximum atomic E-state index is 3.45. The van der Waals surface area contributed by atoms with Crippen LogP contribution in [0.5, 0.6) is 0 Å². The van der Waals surface area contributed by atoms with Gasteiger partial charge in [0.1, 0.15) is 0 Å². The third-order valence-corrected chi connectivity index (χ3v) is 4.81. The zero-order valence-electron chi connectivity index (χ0n) is 10.4. The molecule has 1 aliphatic rings. The first kappa shape index (κ1) is 12.0. The van der Waals surface area contributed by atoms with Gasteiger partial charge in [-0.2, -0.15) is 11.8 Å².